The molecule has 4 rings (SSSR count). The van der Waals surface area contributed by atoms with Crippen LogP contribution in [0.4, 0.5) is 8.78 Å². The summed E-state index contributed by atoms with van der Waals surface area (Å²) in [5, 5.41) is 8.79. The fraction of sp³-hybridized carbons (Fsp3) is 0.391. The summed E-state index contributed by atoms with van der Waals surface area (Å²) in [5.41, 5.74) is 3.84. The predicted octanol–water partition coefficient (Wildman–Crippen LogP) is 4.99. The highest BCUT2D eigenvalue weighted by Crippen LogP contribution is 2.29. The van der Waals surface area contributed by atoms with Crippen molar-refractivity contribution >= 4 is 5.70 Å². The number of likely N-dealkylation sites (tertiary alicyclic amines) is 1. The number of hydrogen-bond acceptors (Lipinski definition) is 4. The zero-order valence-corrected chi connectivity index (χ0v) is 16.7. The molecular formula is C23H25F2N3O. The van der Waals surface area contributed by atoms with E-state index >= 15 is 0 Å². The third-order valence-corrected chi connectivity index (χ3v) is 5.56. The SMILES string of the molecule is C/C1=C(c2ccc(C)cc2F)\N=N/C[C@H]2CN(Cc3ccc(F)cc3)C[C@@H]2OC1. The third kappa shape index (κ3) is 4.60. The highest BCUT2D eigenvalue weighted by atomic mass is 19.1. The summed E-state index contributed by atoms with van der Waals surface area (Å²) in [4.78, 5) is 2.30. The first-order chi connectivity index (χ1) is 14.0. The summed E-state index contributed by atoms with van der Waals surface area (Å²) in [7, 11) is 0. The van der Waals surface area contributed by atoms with Crippen molar-refractivity contribution in [1.29, 1.82) is 0 Å². The van der Waals surface area contributed by atoms with Gasteiger partial charge < -0.3 is 4.74 Å². The average molecular weight is 397 g/mol. The van der Waals surface area contributed by atoms with Crippen LogP contribution in [0.1, 0.15) is 23.6 Å². The van der Waals surface area contributed by atoms with Crippen LogP contribution < -0.4 is 0 Å². The lowest BCUT2D eigenvalue weighted by molar-refractivity contribution is 0.0514. The molecule has 0 N–H and O–H groups in total. The lowest BCUT2D eigenvalue weighted by Crippen LogP contribution is -2.25. The Morgan fingerprint density at radius 1 is 1.07 bits per heavy atom. The summed E-state index contributed by atoms with van der Waals surface area (Å²) in [6.45, 7) is 7.10. The van der Waals surface area contributed by atoms with Crippen molar-refractivity contribution < 1.29 is 13.5 Å². The van der Waals surface area contributed by atoms with Gasteiger partial charge in [0.25, 0.3) is 0 Å². The summed E-state index contributed by atoms with van der Waals surface area (Å²) < 4.78 is 33.8. The number of rotatable bonds is 3. The Labute approximate surface area is 169 Å². The maximum Gasteiger partial charge on any atom is 0.132 e. The normalized spacial score (nSPS) is 26.5. The van der Waals surface area contributed by atoms with E-state index < -0.39 is 0 Å². The van der Waals surface area contributed by atoms with E-state index in [1.54, 1.807) is 6.07 Å². The maximum absolute atomic E-state index is 14.5. The number of aryl methyl sites for hydroxylation is 1. The molecule has 2 aliphatic heterocycles. The van der Waals surface area contributed by atoms with Gasteiger partial charge in [0, 0.05) is 31.1 Å². The predicted molar refractivity (Wildman–Crippen MR) is 108 cm³/mol. The van der Waals surface area contributed by atoms with E-state index in [4.69, 9.17) is 4.74 Å². The molecule has 0 spiro atoms. The van der Waals surface area contributed by atoms with Gasteiger partial charge in [0.2, 0.25) is 0 Å². The van der Waals surface area contributed by atoms with Gasteiger partial charge in [-0.3, -0.25) is 4.90 Å². The zero-order valence-electron chi connectivity index (χ0n) is 16.7. The second kappa shape index (κ2) is 8.51. The van der Waals surface area contributed by atoms with E-state index in [1.807, 2.05) is 32.0 Å². The number of ether oxygens (including phenoxy) is 1. The van der Waals surface area contributed by atoms with E-state index in [2.05, 4.69) is 15.1 Å². The minimum absolute atomic E-state index is 0.0477. The smallest absolute Gasteiger partial charge is 0.132 e. The van der Waals surface area contributed by atoms with Gasteiger partial charge in [0.1, 0.15) is 11.6 Å². The van der Waals surface area contributed by atoms with Crippen LogP contribution in [0.2, 0.25) is 0 Å². The molecule has 6 heteroatoms. The molecule has 1 saturated heterocycles. The highest BCUT2D eigenvalue weighted by Gasteiger charge is 2.34. The number of halogens is 2. The third-order valence-electron chi connectivity index (χ3n) is 5.56. The van der Waals surface area contributed by atoms with Gasteiger partial charge >= 0.3 is 0 Å². The van der Waals surface area contributed by atoms with Gasteiger partial charge in [0.15, 0.2) is 0 Å². The van der Waals surface area contributed by atoms with E-state index in [0.29, 0.717) is 24.4 Å². The molecule has 2 atom stereocenters. The van der Waals surface area contributed by atoms with Crippen LogP contribution in [0.15, 0.2) is 58.3 Å². The first-order valence-corrected chi connectivity index (χ1v) is 9.92. The lowest BCUT2D eigenvalue weighted by Gasteiger charge is -2.17. The van der Waals surface area contributed by atoms with Crippen molar-refractivity contribution in [1.82, 2.24) is 4.90 Å². The largest absolute Gasteiger partial charge is 0.372 e. The van der Waals surface area contributed by atoms with E-state index in [0.717, 1.165) is 36.3 Å². The topological polar surface area (TPSA) is 37.2 Å². The van der Waals surface area contributed by atoms with Gasteiger partial charge in [0.05, 0.1) is 25.0 Å². The van der Waals surface area contributed by atoms with Gasteiger partial charge in [-0.15, -0.1) is 0 Å². The molecule has 0 amide bonds. The Balaban J connectivity index is 1.47. The minimum Gasteiger partial charge on any atom is -0.372 e. The zero-order chi connectivity index (χ0) is 20.4. The number of azo groups is 1. The Kier molecular flexibility index (Phi) is 5.83. The molecule has 2 aromatic rings. The van der Waals surface area contributed by atoms with Crippen molar-refractivity contribution in [3.63, 3.8) is 0 Å². The molecule has 4 nitrogen and oxygen atoms in total. The quantitative estimate of drug-likeness (QED) is 0.732. The molecule has 0 bridgehead atoms. The van der Waals surface area contributed by atoms with Crippen LogP contribution in [-0.4, -0.2) is 37.2 Å². The first kappa shape index (κ1) is 19.9. The molecule has 0 aliphatic carbocycles. The van der Waals surface area contributed by atoms with E-state index in [9.17, 15) is 8.78 Å². The van der Waals surface area contributed by atoms with Gasteiger partial charge in [-0.05, 0) is 54.8 Å². The van der Waals surface area contributed by atoms with E-state index in [1.165, 1.54) is 18.2 Å². The Morgan fingerprint density at radius 2 is 1.86 bits per heavy atom. The van der Waals surface area contributed by atoms with Crippen molar-refractivity contribution in [2.75, 3.05) is 26.2 Å². The molecule has 0 saturated carbocycles. The Hall–Kier alpha value is -2.44. The summed E-state index contributed by atoms with van der Waals surface area (Å²) in [6.07, 6.45) is 0.0477. The van der Waals surface area contributed by atoms with Crippen LogP contribution in [-0.2, 0) is 11.3 Å². The van der Waals surface area contributed by atoms with Crippen molar-refractivity contribution in [2.24, 2.45) is 16.1 Å². The van der Waals surface area contributed by atoms with Crippen molar-refractivity contribution in [2.45, 2.75) is 26.5 Å². The maximum atomic E-state index is 14.5. The second-order valence-corrected chi connectivity index (χ2v) is 7.97. The van der Waals surface area contributed by atoms with Gasteiger partial charge in [-0.25, -0.2) is 8.78 Å². The summed E-state index contributed by atoms with van der Waals surface area (Å²) in [5.74, 6) is -0.280. The molecule has 0 radical (unpaired) electrons. The van der Waals surface area contributed by atoms with Crippen LogP contribution in [0.5, 0.6) is 0 Å². The number of nitrogens with zero attached hydrogens (tertiary/aromatic N) is 3. The lowest BCUT2D eigenvalue weighted by atomic mass is 10.1. The average Bonchev–Trinajstić information content (AvgIpc) is 3.09. The standard InChI is InChI=1S/C23H25F2N3O/c1-15-3-8-20(21(25)9-15)23-16(2)14-29-22-13-28(12-18(22)10-26-27-23)11-17-4-6-19(24)7-5-17/h3-9,18,22H,10-14H2,1-2H3/b23-16+,27-26-/t18-,22-/m0/s1. The summed E-state index contributed by atoms with van der Waals surface area (Å²) in [6, 6.07) is 11.8. The molecule has 2 heterocycles. The van der Waals surface area contributed by atoms with Crippen molar-refractivity contribution in [3.05, 3.63) is 76.4 Å². The molecule has 0 aromatic heterocycles. The number of hydrogen-bond donors (Lipinski definition) is 0. The van der Waals surface area contributed by atoms with Crippen LogP contribution in [0, 0.1) is 24.5 Å². The fourth-order valence-electron chi connectivity index (χ4n) is 3.97. The highest BCUT2D eigenvalue weighted by molar-refractivity contribution is 5.68. The number of fused-ring (bicyclic) bond motifs is 1. The minimum atomic E-state index is -0.289. The van der Waals surface area contributed by atoms with Crippen LogP contribution in [0.25, 0.3) is 5.70 Å². The molecule has 152 valence electrons. The summed E-state index contributed by atoms with van der Waals surface area (Å²) >= 11 is 0. The Morgan fingerprint density at radius 3 is 2.62 bits per heavy atom. The van der Waals surface area contributed by atoms with Gasteiger partial charge in [-0.2, -0.15) is 10.2 Å². The molecule has 2 aromatic carbocycles. The van der Waals surface area contributed by atoms with E-state index in [-0.39, 0.29) is 23.7 Å². The monoisotopic (exact) mass is 397 g/mol. The second-order valence-electron chi connectivity index (χ2n) is 7.97. The van der Waals surface area contributed by atoms with Crippen molar-refractivity contribution in [3.8, 4) is 0 Å². The molecule has 1 fully saturated rings. The molecule has 29 heavy (non-hydrogen) atoms. The molecular weight excluding hydrogens is 372 g/mol. The van der Waals surface area contributed by atoms with Gasteiger partial charge in [-0.1, -0.05) is 18.2 Å². The van der Waals surface area contributed by atoms with Crippen LogP contribution >= 0.6 is 0 Å². The van der Waals surface area contributed by atoms with Crippen LogP contribution in [0.3, 0.4) is 0 Å². The Bertz CT molecular complexity index is 940. The number of benzene rings is 2. The molecule has 0 unspecified atom stereocenters. The molecule has 2 aliphatic rings. The fourth-order valence-corrected chi connectivity index (χ4v) is 3.97. The first-order valence-electron chi connectivity index (χ1n) is 9.92.